The number of rotatable bonds is 4. The summed E-state index contributed by atoms with van der Waals surface area (Å²) in [5.74, 6) is 0.239. The smallest absolute Gasteiger partial charge is 0.242 e. The molecule has 0 aromatic carbocycles. The molecule has 1 rings (SSSR count). The van der Waals surface area contributed by atoms with Gasteiger partial charge >= 0.3 is 0 Å². The summed E-state index contributed by atoms with van der Waals surface area (Å²) >= 11 is 0. The Kier molecular flexibility index (Phi) is 4.00. The summed E-state index contributed by atoms with van der Waals surface area (Å²) in [6.07, 6.45) is 3.53. The predicted molar refractivity (Wildman–Crippen MR) is 67.4 cm³/mol. The molecule has 0 aromatic heterocycles. The van der Waals surface area contributed by atoms with Gasteiger partial charge in [-0.1, -0.05) is 19.8 Å². The van der Waals surface area contributed by atoms with Gasteiger partial charge in [0.1, 0.15) is 0 Å². The van der Waals surface area contributed by atoms with Crippen LogP contribution < -0.4 is 5.32 Å². The second-order valence-corrected chi connectivity index (χ2v) is 6.07. The molecule has 0 bridgehead atoms. The SMILES string of the molecule is CCCCCN1CC(C)(C)NC(C)(C)C1=O. The molecular formula is C13H26N2O. The molecule has 3 heteroatoms. The third kappa shape index (κ3) is 3.21. The van der Waals surface area contributed by atoms with E-state index in [1.54, 1.807) is 0 Å². The molecule has 3 nitrogen and oxygen atoms in total. The number of hydrogen-bond donors (Lipinski definition) is 1. The zero-order valence-corrected chi connectivity index (χ0v) is 11.4. The Hall–Kier alpha value is -0.570. The monoisotopic (exact) mass is 226 g/mol. The zero-order chi connectivity index (χ0) is 12.4. The van der Waals surface area contributed by atoms with Gasteiger partial charge in [0.25, 0.3) is 0 Å². The Balaban J connectivity index is 2.64. The fraction of sp³-hybridized carbons (Fsp3) is 0.923. The van der Waals surface area contributed by atoms with Gasteiger partial charge in [0, 0.05) is 18.6 Å². The average Bonchev–Trinajstić information content (AvgIpc) is 2.11. The Labute approximate surface area is 99.6 Å². The van der Waals surface area contributed by atoms with Crippen molar-refractivity contribution in [2.75, 3.05) is 13.1 Å². The van der Waals surface area contributed by atoms with E-state index in [4.69, 9.17) is 0 Å². The molecule has 1 amide bonds. The maximum atomic E-state index is 12.2. The molecule has 0 atom stereocenters. The normalized spacial score (nSPS) is 23.6. The summed E-state index contributed by atoms with van der Waals surface area (Å²) in [6.45, 7) is 12.2. The molecule has 1 fully saturated rings. The Morgan fingerprint density at radius 1 is 1.25 bits per heavy atom. The van der Waals surface area contributed by atoms with Gasteiger partial charge in [0.2, 0.25) is 5.91 Å². The fourth-order valence-corrected chi connectivity index (χ4v) is 2.62. The Morgan fingerprint density at radius 3 is 2.44 bits per heavy atom. The predicted octanol–water partition coefficient (Wildman–Crippen LogP) is 2.17. The van der Waals surface area contributed by atoms with Crippen molar-refractivity contribution in [1.29, 1.82) is 0 Å². The van der Waals surface area contributed by atoms with Crippen LogP contribution in [0.25, 0.3) is 0 Å². The Morgan fingerprint density at radius 2 is 1.88 bits per heavy atom. The van der Waals surface area contributed by atoms with E-state index in [0.717, 1.165) is 19.5 Å². The van der Waals surface area contributed by atoms with Crippen LogP contribution >= 0.6 is 0 Å². The number of nitrogens with zero attached hydrogens (tertiary/aromatic N) is 1. The summed E-state index contributed by atoms with van der Waals surface area (Å²) in [7, 11) is 0. The minimum absolute atomic E-state index is 0.0175. The first-order valence-corrected chi connectivity index (χ1v) is 6.37. The second kappa shape index (κ2) is 4.74. The van der Waals surface area contributed by atoms with Gasteiger partial charge in [-0.3, -0.25) is 10.1 Å². The van der Waals surface area contributed by atoms with Gasteiger partial charge in [-0.15, -0.1) is 0 Å². The molecule has 0 saturated carbocycles. The van der Waals surface area contributed by atoms with E-state index in [1.165, 1.54) is 12.8 Å². The number of nitrogens with one attached hydrogen (secondary N) is 1. The highest BCUT2D eigenvalue weighted by molar-refractivity contribution is 5.86. The number of unbranched alkanes of at least 4 members (excludes halogenated alkanes) is 2. The van der Waals surface area contributed by atoms with Crippen molar-refractivity contribution < 1.29 is 4.79 Å². The van der Waals surface area contributed by atoms with Gasteiger partial charge in [0.15, 0.2) is 0 Å². The van der Waals surface area contributed by atoms with E-state index >= 15 is 0 Å². The molecule has 1 N–H and O–H groups in total. The maximum absolute atomic E-state index is 12.2. The van der Waals surface area contributed by atoms with E-state index < -0.39 is 5.54 Å². The van der Waals surface area contributed by atoms with Gasteiger partial charge in [-0.2, -0.15) is 0 Å². The van der Waals surface area contributed by atoms with Gasteiger partial charge in [-0.05, 0) is 34.1 Å². The zero-order valence-electron chi connectivity index (χ0n) is 11.4. The first-order valence-electron chi connectivity index (χ1n) is 6.37. The van der Waals surface area contributed by atoms with E-state index in [1.807, 2.05) is 18.7 Å². The fourth-order valence-electron chi connectivity index (χ4n) is 2.62. The standard InChI is InChI=1S/C13H26N2O/c1-6-7-8-9-15-10-12(2,3)14-13(4,5)11(15)16/h14H,6-10H2,1-5H3. The summed E-state index contributed by atoms with van der Waals surface area (Å²) < 4.78 is 0. The van der Waals surface area contributed by atoms with Crippen molar-refractivity contribution >= 4 is 5.91 Å². The first kappa shape index (κ1) is 13.5. The molecule has 0 unspecified atom stereocenters. The lowest BCUT2D eigenvalue weighted by atomic mass is 9.90. The van der Waals surface area contributed by atoms with Crippen LogP contribution in [0.4, 0.5) is 0 Å². The molecule has 1 aliphatic heterocycles. The number of amides is 1. The molecular weight excluding hydrogens is 200 g/mol. The lowest BCUT2D eigenvalue weighted by molar-refractivity contribution is -0.143. The molecule has 1 aliphatic rings. The topological polar surface area (TPSA) is 32.3 Å². The molecule has 0 spiro atoms. The lowest BCUT2D eigenvalue weighted by Crippen LogP contribution is -2.69. The highest BCUT2D eigenvalue weighted by Crippen LogP contribution is 2.22. The molecule has 1 heterocycles. The van der Waals surface area contributed by atoms with Crippen LogP contribution in [0.3, 0.4) is 0 Å². The molecule has 1 saturated heterocycles. The van der Waals surface area contributed by atoms with E-state index in [2.05, 4.69) is 26.1 Å². The van der Waals surface area contributed by atoms with E-state index in [9.17, 15) is 4.79 Å². The minimum atomic E-state index is -0.423. The van der Waals surface area contributed by atoms with Crippen LogP contribution in [0.15, 0.2) is 0 Å². The quantitative estimate of drug-likeness (QED) is 0.745. The molecule has 94 valence electrons. The number of carbonyl (C=O) groups is 1. The summed E-state index contributed by atoms with van der Waals surface area (Å²) in [6, 6.07) is 0. The van der Waals surface area contributed by atoms with Gasteiger partial charge < -0.3 is 4.90 Å². The average molecular weight is 226 g/mol. The van der Waals surface area contributed by atoms with Crippen LogP contribution in [0.5, 0.6) is 0 Å². The molecule has 0 aromatic rings. The van der Waals surface area contributed by atoms with Crippen molar-refractivity contribution in [3.8, 4) is 0 Å². The molecule has 0 radical (unpaired) electrons. The number of carbonyl (C=O) groups excluding carboxylic acids is 1. The molecule has 0 aliphatic carbocycles. The van der Waals surface area contributed by atoms with Crippen molar-refractivity contribution in [2.45, 2.75) is 65.0 Å². The van der Waals surface area contributed by atoms with Crippen molar-refractivity contribution in [3.63, 3.8) is 0 Å². The van der Waals surface area contributed by atoms with Crippen molar-refractivity contribution in [2.24, 2.45) is 0 Å². The number of piperazine rings is 1. The van der Waals surface area contributed by atoms with Crippen LogP contribution in [-0.4, -0.2) is 35.0 Å². The van der Waals surface area contributed by atoms with Crippen molar-refractivity contribution in [3.05, 3.63) is 0 Å². The van der Waals surface area contributed by atoms with Gasteiger partial charge in [0.05, 0.1) is 5.54 Å². The van der Waals surface area contributed by atoms with Crippen LogP contribution in [-0.2, 0) is 4.79 Å². The largest absolute Gasteiger partial charge is 0.339 e. The van der Waals surface area contributed by atoms with E-state index in [0.29, 0.717) is 0 Å². The third-order valence-corrected chi connectivity index (χ3v) is 3.09. The highest BCUT2D eigenvalue weighted by atomic mass is 16.2. The van der Waals surface area contributed by atoms with E-state index in [-0.39, 0.29) is 11.4 Å². The summed E-state index contributed by atoms with van der Waals surface area (Å²) in [4.78, 5) is 14.2. The highest BCUT2D eigenvalue weighted by Gasteiger charge is 2.42. The molecule has 16 heavy (non-hydrogen) atoms. The maximum Gasteiger partial charge on any atom is 0.242 e. The van der Waals surface area contributed by atoms with Crippen molar-refractivity contribution in [1.82, 2.24) is 10.2 Å². The second-order valence-electron chi connectivity index (χ2n) is 6.07. The minimum Gasteiger partial charge on any atom is -0.339 e. The third-order valence-electron chi connectivity index (χ3n) is 3.09. The van der Waals surface area contributed by atoms with Crippen LogP contribution in [0.2, 0.25) is 0 Å². The lowest BCUT2D eigenvalue weighted by Gasteiger charge is -2.47. The van der Waals surface area contributed by atoms with Gasteiger partial charge in [-0.25, -0.2) is 0 Å². The summed E-state index contributed by atoms with van der Waals surface area (Å²) in [5.41, 5.74) is -0.405. The first-order chi connectivity index (χ1) is 7.28. The number of hydrogen-bond acceptors (Lipinski definition) is 2. The summed E-state index contributed by atoms with van der Waals surface area (Å²) in [5, 5.41) is 3.41. The van der Waals surface area contributed by atoms with Crippen LogP contribution in [0, 0.1) is 0 Å². The Bertz CT molecular complexity index is 259. The van der Waals surface area contributed by atoms with Crippen LogP contribution in [0.1, 0.15) is 53.9 Å².